The fourth-order valence-electron chi connectivity index (χ4n) is 2.66. The Labute approximate surface area is 177 Å². The number of amides is 1. The smallest absolute Gasteiger partial charge is 0.383 e. The van der Waals surface area contributed by atoms with Gasteiger partial charge in [-0.25, -0.2) is 4.57 Å². The van der Waals surface area contributed by atoms with E-state index >= 15 is 0 Å². The fourth-order valence-corrected chi connectivity index (χ4v) is 3.83. The van der Waals surface area contributed by atoms with Crippen LogP contribution >= 0.6 is 7.82 Å². The minimum Gasteiger partial charge on any atom is -0.383 e. The number of hydrogen-bond donors (Lipinski definition) is 1. The molecule has 0 aliphatic carbocycles. The largest absolute Gasteiger partial charge is 0.531 e. The zero-order valence-electron chi connectivity index (χ0n) is 16.7. The van der Waals surface area contributed by atoms with Crippen LogP contribution in [0.15, 0.2) is 58.7 Å². The van der Waals surface area contributed by atoms with Gasteiger partial charge in [-0.3, -0.25) is 24.0 Å². The van der Waals surface area contributed by atoms with E-state index in [0.717, 1.165) is 0 Å². The second kappa shape index (κ2) is 9.61. The van der Waals surface area contributed by atoms with Crippen molar-refractivity contribution in [2.24, 2.45) is 10.2 Å². The van der Waals surface area contributed by atoms with Crippen LogP contribution in [0, 0.1) is 10.1 Å². The molecule has 3 rings (SSSR count). The fraction of sp³-hybridized carbons (Fsp3) is 0.211. The van der Waals surface area contributed by atoms with Gasteiger partial charge in [0.15, 0.2) is 5.71 Å². The van der Waals surface area contributed by atoms with Gasteiger partial charge < -0.3 is 9.84 Å². The number of hydrogen-bond acceptors (Lipinski definition) is 9. The number of para-hydroxylation sites is 1. The lowest BCUT2D eigenvalue weighted by atomic mass is 10.1. The third kappa shape index (κ3) is 5.21. The third-order valence-electron chi connectivity index (χ3n) is 3.98. The number of nitro groups is 1. The average Bonchev–Trinajstić information content (AvgIpc) is 3.06. The third-order valence-corrected chi connectivity index (χ3v) is 5.53. The van der Waals surface area contributed by atoms with E-state index in [1.165, 1.54) is 24.3 Å². The van der Waals surface area contributed by atoms with Gasteiger partial charge >= 0.3 is 7.82 Å². The molecular formula is C19H19N4O7P. The molecule has 1 aliphatic rings. The SMILES string of the molecule is CCOP(=O)(OCC)O/C(=N/N=C1\C(=O)Nc2ccccc21)c1ccc([N+](=O)[O-])cc1. The van der Waals surface area contributed by atoms with Crippen molar-refractivity contribution in [1.82, 2.24) is 0 Å². The van der Waals surface area contributed by atoms with Crippen molar-refractivity contribution in [2.75, 3.05) is 18.5 Å². The molecule has 0 fully saturated rings. The van der Waals surface area contributed by atoms with E-state index in [2.05, 4.69) is 15.5 Å². The number of anilines is 1. The molecule has 1 amide bonds. The van der Waals surface area contributed by atoms with Gasteiger partial charge in [0.25, 0.3) is 17.5 Å². The normalized spacial score (nSPS) is 15.0. The molecule has 12 heteroatoms. The number of non-ortho nitro benzene ring substituents is 1. The number of carbonyl (C=O) groups is 1. The van der Waals surface area contributed by atoms with Crippen LogP contribution in [0.25, 0.3) is 0 Å². The molecule has 0 aromatic heterocycles. The monoisotopic (exact) mass is 446 g/mol. The van der Waals surface area contributed by atoms with E-state index < -0.39 is 18.7 Å². The summed E-state index contributed by atoms with van der Waals surface area (Å²) in [6.45, 7) is 3.29. The number of nitro benzene ring substituents is 1. The summed E-state index contributed by atoms with van der Waals surface area (Å²) >= 11 is 0. The molecule has 1 N–H and O–H groups in total. The quantitative estimate of drug-likeness (QED) is 0.213. The number of nitrogens with one attached hydrogen (secondary N) is 1. The topological polar surface area (TPSA) is 142 Å². The van der Waals surface area contributed by atoms with Crippen molar-refractivity contribution in [2.45, 2.75) is 13.8 Å². The standard InChI is InChI=1S/C19H19N4O7P/c1-3-28-31(27,29-4-2)30-19(13-9-11-14(12-10-13)23(25)26)22-21-17-15-7-5-6-8-16(15)20-18(17)24/h5-12H,3-4H2,1-2H3,(H,20,21,24)/b22-19+. The van der Waals surface area contributed by atoms with Crippen molar-refractivity contribution in [3.63, 3.8) is 0 Å². The van der Waals surface area contributed by atoms with Crippen molar-refractivity contribution in [1.29, 1.82) is 0 Å². The Morgan fingerprint density at radius 3 is 2.35 bits per heavy atom. The van der Waals surface area contributed by atoms with Crippen molar-refractivity contribution in [3.05, 3.63) is 69.8 Å². The zero-order valence-corrected chi connectivity index (χ0v) is 17.6. The van der Waals surface area contributed by atoms with Crippen LogP contribution in [0.2, 0.25) is 0 Å². The summed E-state index contributed by atoms with van der Waals surface area (Å²) in [7, 11) is -4.05. The first kappa shape index (κ1) is 22.3. The number of rotatable bonds is 8. The second-order valence-electron chi connectivity index (χ2n) is 6.03. The lowest BCUT2D eigenvalue weighted by Gasteiger charge is -2.17. The van der Waals surface area contributed by atoms with Crippen LogP contribution < -0.4 is 5.32 Å². The van der Waals surface area contributed by atoms with Crippen LogP contribution in [-0.4, -0.2) is 35.7 Å². The Balaban J connectivity index is 2.04. The summed E-state index contributed by atoms with van der Waals surface area (Å²) in [4.78, 5) is 22.6. The van der Waals surface area contributed by atoms with E-state index in [0.29, 0.717) is 11.3 Å². The Kier molecular flexibility index (Phi) is 6.91. The predicted molar refractivity (Wildman–Crippen MR) is 113 cm³/mol. The summed E-state index contributed by atoms with van der Waals surface area (Å²) in [6.07, 6.45) is 0. The van der Waals surface area contributed by atoms with E-state index in [1.54, 1.807) is 38.1 Å². The first-order valence-corrected chi connectivity index (χ1v) is 10.7. The Morgan fingerprint density at radius 1 is 1.10 bits per heavy atom. The van der Waals surface area contributed by atoms with Crippen LogP contribution in [0.1, 0.15) is 25.0 Å². The molecule has 0 spiro atoms. The zero-order chi connectivity index (χ0) is 22.4. The van der Waals surface area contributed by atoms with Gasteiger partial charge in [0.1, 0.15) is 0 Å². The molecule has 0 saturated carbocycles. The van der Waals surface area contributed by atoms with Crippen molar-refractivity contribution < 1.29 is 27.9 Å². The highest BCUT2D eigenvalue weighted by Gasteiger charge is 2.31. The van der Waals surface area contributed by atoms with Gasteiger partial charge in [-0.15, -0.1) is 10.2 Å². The molecule has 0 radical (unpaired) electrons. The predicted octanol–water partition coefficient (Wildman–Crippen LogP) is 3.90. The summed E-state index contributed by atoms with van der Waals surface area (Å²) < 4.78 is 28.5. The highest BCUT2D eigenvalue weighted by molar-refractivity contribution is 7.49. The number of phosphoric ester groups is 1. The summed E-state index contributed by atoms with van der Waals surface area (Å²) in [5.41, 5.74) is 1.21. The van der Waals surface area contributed by atoms with Gasteiger partial charge in [0, 0.05) is 23.3 Å². The highest BCUT2D eigenvalue weighted by Crippen LogP contribution is 2.50. The van der Waals surface area contributed by atoms with Gasteiger partial charge in [-0.2, -0.15) is 0 Å². The lowest BCUT2D eigenvalue weighted by Crippen LogP contribution is -2.15. The maximum absolute atomic E-state index is 12.8. The van der Waals surface area contributed by atoms with E-state index in [1.807, 2.05) is 0 Å². The Morgan fingerprint density at radius 2 is 1.74 bits per heavy atom. The Hall–Kier alpha value is -3.40. The lowest BCUT2D eigenvalue weighted by molar-refractivity contribution is -0.384. The molecule has 0 atom stereocenters. The minimum atomic E-state index is -4.05. The number of fused-ring (bicyclic) bond motifs is 1. The maximum atomic E-state index is 12.8. The number of benzene rings is 2. The molecule has 0 saturated heterocycles. The molecule has 162 valence electrons. The average molecular weight is 446 g/mol. The van der Waals surface area contributed by atoms with Gasteiger partial charge in [0.05, 0.1) is 23.8 Å². The van der Waals surface area contributed by atoms with E-state index in [4.69, 9.17) is 13.6 Å². The molecule has 11 nitrogen and oxygen atoms in total. The molecule has 1 aliphatic heterocycles. The summed E-state index contributed by atoms with van der Waals surface area (Å²) in [5.74, 6) is -0.754. The maximum Gasteiger partial charge on any atom is 0.531 e. The summed E-state index contributed by atoms with van der Waals surface area (Å²) in [5, 5.41) is 21.5. The van der Waals surface area contributed by atoms with Crippen molar-refractivity contribution >= 4 is 36.7 Å². The molecule has 2 aromatic carbocycles. The first-order valence-electron chi connectivity index (χ1n) is 9.26. The molecule has 0 unspecified atom stereocenters. The number of nitrogens with zero attached hydrogens (tertiary/aromatic N) is 3. The van der Waals surface area contributed by atoms with Gasteiger partial charge in [-0.05, 0) is 32.0 Å². The van der Waals surface area contributed by atoms with E-state index in [9.17, 15) is 19.5 Å². The molecule has 0 bridgehead atoms. The number of carbonyl (C=O) groups excluding carboxylic acids is 1. The molecule has 2 aromatic rings. The van der Waals surface area contributed by atoms with Crippen LogP contribution in [0.4, 0.5) is 11.4 Å². The van der Waals surface area contributed by atoms with Gasteiger partial charge in [-0.1, -0.05) is 18.2 Å². The molecular weight excluding hydrogens is 427 g/mol. The Bertz CT molecular complexity index is 1090. The summed E-state index contributed by atoms with van der Waals surface area (Å²) in [6, 6.07) is 12.1. The second-order valence-corrected chi connectivity index (χ2v) is 7.62. The number of phosphoric acid groups is 1. The van der Waals surface area contributed by atoms with Crippen LogP contribution in [-0.2, 0) is 22.9 Å². The highest BCUT2D eigenvalue weighted by atomic mass is 31.2. The van der Waals surface area contributed by atoms with Gasteiger partial charge in [0.2, 0.25) is 0 Å². The minimum absolute atomic E-state index is 0.0289. The molecule has 1 heterocycles. The van der Waals surface area contributed by atoms with Crippen LogP contribution in [0.5, 0.6) is 0 Å². The first-order chi connectivity index (χ1) is 14.9. The van der Waals surface area contributed by atoms with Crippen molar-refractivity contribution in [3.8, 4) is 0 Å². The van der Waals surface area contributed by atoms with E-state index in [-0.39, 0.29) is 36.1 Å². The molecule has 31 heavy (non-hydrogen) atoms. The van der Waals surface area contributed by atoms with Crippen LogP contribution in [0.3, 0.4) is 0 Å².